The molecule has 0 aliphatic heterocycles. The molecule has 0 spiro atoms. The van der Waals surface area contributed by atoms with Crippen molar-refractivity contribution >= 4 is 28.1 Å². The smallest absolute Gasteiger partial charge is 0.345 e. The first-order valence-electron chi connectivity index (χ1n) is 7.24. The summed E-state index contributed by atoms with van der Waals surface area (Å²) in [7, 11) is 0. The van der Waals surface area contributed by atoms with Crippen molar-refractivity contribution in [2.45, 2.75) is 20.1 Å². The zero-order chi connectivity index (χ0) is 17.7. The van der Waals surface area contributed by atoms with Crippen LogP contribution in [-0.2, 0) is 0 Å². The molecule has 2 aromatic rings. The molecule has 7 heteroatoms. The van der Waals surface area contributed by atoms with Gasteiger partial charge >= 0.3 is 5.97 Å². The van der Waals surface area contributed by atoms with E-state index in [-0.39, 0.29) is 23.0 Å². The highest BCUT2D eigenvalue weighted by atomic mass is 79.9. The number of aromatic nitrogens is 1. The molecule has 0 aliphatic carbocycles. The molecule has 0 amide bonds. The van der Waals surface area contributed by atoms with Gasteiger partial charge in [-0.25, -0.2) is 4.79 Å². The van der Waals surface area contributed by atoms with Crippen molar-refractivity contribution in [3.8, 4) is 11.5 Å². The molecule has 126 valence electrons. The zero-order valence-corrected chi connectivity index (χ0v) is 14.8. The van der Waals surface area contributed by atoms with E-state index in [4.69, 9.17) is 4.74 Å². The third kappa shape index (κ3) is 4.62. The molecule has 0 fully saturated rings. The fourth-order valence-electron chi connectivity index (χ4n) is 1.74. The van der Waals surface area contributed by atoms with Crippen molar-refractivity contribution in [3.05, 3.63) is 52.3 Å². The largest absolute Gasteiger partial charge is 0.504 e. The highest BCUT2D eigenvalue weighted by Gasteiger charge is 2.15. The molecule has 0 saturated heterocycles. The Morgan fingerprint density at radius 1 is 1.42 bits per heavy atom. The van der Waals surface area contributed by atoms with Gasteiger partial charge in [-0.15, -0.1) is 0 Å². The summed E-state index contributed by atoms with van der Waals surface area (Å²) in [6.45, 7) is 3.65. The number of pyridine rings is 1. The Labute approximate surface area is 148 Å². The first-order chi connectivity index (χ1) is 11.4. The first kappa shape index (κ1) is 18.1. The third-order valence-corrected chi connectivity index (χ3v) is 3.59. The van der Waals surface area contributed by atoms with E-state index >= 15 is 0 Å². The second kappa shape index (κ2) is 8.03. The van der Waals surface area contributed by atoms with Gasteiger partial charge in [0, 0.05) is 28.6 Å². The second-order valence-electron chi connectivity index (χ2n) is 5.41. The van der Waals surface area contributed by atoms with E-state index < -0.39 is 12.2 Å². The summed E-state index contributed by atoms with van der Waals surface area (Å²) in [5, 5.41) is 20.0. The molecule has 0 radical (unpaired) electrons. The third-order valence-electron chi connectivity index (χ3n) is 3.13. The normalized spacial score (nSPS) is 12.5. The van der Waals surface area contributed by atoms with Crippen molar-refractivity contribution in [2.75, 3.05) is 0 Å². The number of ether oxygens (including phenoxy) is 1. The minimum absolute atomic E-state index is 0.0151. The number of aliphatic imine (C=N–C) groups is 1. The van der Waals surface area contributed by atoms with Gasteiger partial charge in [-0.1, -0.05) is 29.8 Å². The molecule has 0 saturated carbocycles. The highest BCUT2D eigenvalue weighted by Crippen LogP contribution is 2.33. The van der Waals surface area contributed by atoms with Gasteiger partial charge in [-0.2, -0.15) is 0 Å². The molecule has 0 bridgehead atoms. The SMILES string of the molecule is CC(C)C(O)/N=C/c1cc(Br)cc(OC(=O)c2cccnc2)c1O. The lowest BCUT2D eigenvalue weighted by atomic mass is 10.2. The van der Waals surface area contributed by atoms with Crippen molar-refractivity contribution in [1.82, 2.24) is 4.98 Å². The lowest BCUT2D eigenvalue weighted by molar-refractivity contribution is 0.0729. The van der Waals surface area contributed by atoms with Crippen LogP contribution in [0.3, 0.4) is 0 Å². The Hall–Kier alpha value is -2.25. The number of aliphatic hydroxyl groups excluding tert-OH is 1. The van der Waals surface area contributed by atoms with E-state index in [1.165, 1.54) is 18.5 Å². The van der Waals surface area contributed by atoms with E-state index in [1.54, 1.807) is 24.4 Å². The molecule has 0 aliphatic rings. The maximum Gasteiger partial charge on any atom is 0.345 e. The topological polar surface area (TPSA) is 92.0 Å². The molecule has 2 N–H and O–H groups in total. The summed E-state index contributed by atoms with van der Waals surface area (Å²) < 4.78 is 5.82. The predicted octanol–water partition coefficient (Wildman–Crippen LogP) is 3.16. The molecular formula is C17H17BrN2O4. The molecule has 1 atom stereocenters. The number of rotatable bonds is 5. The number of aromatic hydroxyl groups is 1. The number of esters is 1. The van der Waals surface area contributed by atoms with Crippen LogP contribution >= 0.6 is 15.9 Å². The van der Waals surface area contributed by atoms with Crippen LogP contribution in [0.5, 0.6) is 11.5 Å². The summed E-state index contributed by atoms with van der Waals surface area (Å²) in [5.41, 5.74) is 0.584. The van der Waals surface area contributed by atoms with E-state index in [1.807, 2.05) is 13.8 Å². The highest BCUT2D eigenvalue weighted by molar-refractivity contribution is 9.10. The predicted molar refractivity (Wildman–Crippen MR) is 93.4 cm³/mol. The number of carbonyl (C=O) groups excluding carboxylic acids is 1. The molecule has 1 unspecified atom stereocenters. The van der Waals surface area contributed by atoms with Gasteiger partial charge in [0.05, 0.1) is 5.56 Å². The maximum atomic E-state index is 12.1. The van der Waals surface area contributed by atoms with Gasteiger partial charge in [-0.05, 0) is 30.2 Å². The lowest BCUT2D eigenvalue weighted by Gasteiger charge is -2.11. The van der Waals surface area contributed by atoms with E-state index in [9.17, 15) is 15.0 Å². The van der Waals surface area contributed by atoms with E-state index in [2.05, 4.69) is 25.9 Å². The van der Waals surface area contributed by atoms with Crippen molar-refractivity contribution in [1.29, 1.82) is 0 Å². The Kier molecular flexibility index (Phi) is 6.05. The van der Waals surface area contributed by atoms with E-state index in [0.29, 0.717) is 10.0 Å². The lowest BCUT2D eigenvalue weighted by Crippen LogP contribution is -2.11. The first-order valence-corrected chi connectivity index (χ1v) is 8.03. The second-order valence-corrected chi connectivity index (χ2v) is 6.32. The maximum absolute atomic E-state index is 12.1. The molecule has 1 heterocycles. The van der Waals surface area contributed by atoms with Gasteiger partial charge < -0.3 is 14.9 Å². The van der Waals surface area contributed by atoms with Crippen LogP contribution in [0.15, 0.2) is 46.1 Å². The van der Waals surface area contributed by atoms with Crippen LogP contribution in [-0.4, -0.2) is 33.6 Å². The van der Waals surface area contributed by atoms with Gasteiger partial charge in [0.15, 0.2) is 11.5 Å². The van der Waals surface area contributed by atoms with Crippen LogP contribution in [0.4, 0.5) is 0 Å². The fourth-order valence-corrected chi connectivity index (χ4v) is 2.20. The number of halogens is 1. The van der Waals surface area contributed by atoms with Crippen LogP contribution < -0.4 is 4.74 Å². The average Bonchev–Trinajstić information content (AvgIpc) is 2.56. The number of nitrogens with zero attached hydrogens (tertiary/aromatic N) is 2. The minimum atomic E-state index is -0.884. The van der Waals surface area contributed by atoms with Crippen molar-refractivity contribution in [2.24, 2.45) is 10.9 Å². The molecule has 1 aromatic carbocycles. The summed E-state index contributed by atoms with van der Waals surface area (Å²) in [6, 6.07) is 6.25. The Balaban J connectivity index is 2.27. The number of phenols is 1. The number of carbonyl (C=O) groups is 1. The summed E-state index contributed by atoms with van der Waals surface area (Å²) in [6.07, 6.45) is 3.37. The number of phenolic OH excluding ortho intramolecular Hbond substituents is 1. The monoisotopic (exact) mass is 392 g/mol. The zero-order valence-electron chi connectivity index (χ0n) is 13.2. The van der Waals surface area contributed by atoms with Gasteiger partial charge in [0.25, 0.3) is 0 Å². The van der Waals surface area contributed by atoms with Crippen LogP contribution in [0, 0.1) is 5.92 Å². The summed E-state index contributed by atoms with van der Waals surface area (Å²) in [4.78, 5) is 19.9. The van der Waals surface area contributed by atoms with Crippen LogP contribution in [0.25, 0.3) is 0 Å². The number of hydrogen-bond acceptors (Lipinski definition) is 6. The quantitative estimate of drug-likeness (QED) is 0.463. The molecule has 6 nitrogen and oxygen atoms in total. The minimum Gasteiger partial charge on any atom is -0.504 e. The molecular weight excluding hydrogens is 376 g/mol. The standard InChI is InChI=1S/C17H17BrN2O4/c1-10(2)16(22)20-9-12-6-13(18)7-14(15(12)21)24-17(23)11-4-3-5-19-8-11/h3-10,16,21-22H,1-2H3/b20-9+. The molecule has 24 heavy (non-hydrogen) atoms. The summed E-state index contributed by atoms with van der Waals surface area (Å²) >= 11 is 3.29. The van der Waals surface area contributed by atoms with Crippen molar-refractivity contribution in [3.63, 3.8) is 0 Å². The van der Waals surface area contributed by atoms with Gasteiger partial charge in [0.2, 0.25) is 0 Å². The van der Waals surface area contributed by atoms with Crippen LogP contribution in [0.1, 0.15) is 29.8 Å². The van der Waals surface area contributed by atoms with Crippen molar-refractivity contribution < 1.29 is 19.7 Å². The molecule has 2 rings (SSSR count). The Morgan fingerprint density at radius 3 is 2.79 bits per heavy atom. The average molecular weight is 393 g/mol. The number of aliphatic hydroxyl groups is 1. The van der Waals surface area contributed by atoms with Gasteiger partial charge in [0.1, 0.15) is 6.23 Å². The van der Waals surface area contributed by atoms with Crippen LogP contribution in [0.2, 0.25) is 0 Å². The number of benzene rings is 1. The molecule has 1 aromatic heterocycles. The van der Waals surface area contributed by atoms with Gasteiger partial charge in [-0.3, -0.25) is 9.98 Å². The number of hydrogen-bond donors (Lipinski definition) is 2. The Morgan fingerprint density at radius 2 is 2.17 bits per heavy atom. The Bertz CT molecular complexity index is 748. The summed E-state index contributed by atoms with van der Waals surface area (Å²) in [5.74, 6) is -0.950. The van der Waals surface area contributed by atoms with E-state index in [0.717, 1.165) is 0 Å². The fraction of sp³-hybridized carbons (Fsp3) is 0.235.